The van der Waals surface area contributed by atoms with Gasteiger partial charge in [-0.1, -0.05) is 18.2 Å². The van der Waals surface area contributed by atoms with Gasteiger partial charge >= 0.3 is 0 Å². The highest BCUT2D eigenvalue weighted by Crippen LogP contribution is 2.17. The van der Waals surface area contributed by atoms with Gasteiger partial charge in [-0.2, -0.15) is 5.10 Å². The van der Waals surface area contributed by atoms with Gasteiger partial charge in [0, 0.05) is 25.6 Å². The molecule has 0 aliphatic carbocycles. The molecule has 5 nitrogen and oxygen atoms in total. The predicted molar refractivity (Wildman–Crippen MR) is 102 cm³/mol. The van der Waals surface area contributed by atoms with Crippen LogP contribution in [0.15, 0.2) is 42.6 Å². The van der Waals surface area contributed by atoms with E-state index in [9.17, 15) is 4.79 Å². The molecule has 1 aliphatic rings. The molecule has 25 heavy (non-hydrogen) atoms. The maximum atomic E-state index is 12.0. The lowest BCUT2D eigenvalue weighted by atomic mass is 9.93. The number of nitrogens with zero attached hydrogens (tertiary/aromatic N) is 2. The molecule has 0 atom stereocenters. The Bertz CT molecular complexity index is 638. The number of halogens is 1. The Morgan fingerprint density at radius 1 is 1.20 bits per heavy atom. The number of rotatable bonds is 7. The maximum absolute atomic E-state index is 12.0. The maximum Gasteiger partial charge on any atom is 0.220 e. The van der Waals surface area contributed by atoms with Crippen LogP contribution in [0.1, 0.15) is 31.4 Å². The fraction of sp³-hybridized carbons (Fsp3) is 0.474. The summed E-state index contributed by atoms with van der Waals surface area (Å²) in [7, 11) is 0. The molecule has 0 spiro atoms. The molecular formula is C19H27ClN4O. The highest BCUT2D eigenvalue weighted by molar-refractivity contribution is 5.85. The second-order valence-corrected chi connectivity index (χ2v) is 6.42. The first kappa shape index (κ1) is 19.5. The summed E-state index contributed by atoms with van der Waals surface area (Å²) in [5, 5.41) is 10.9. The molecule has 1 aromatic heterocycles. The van der Waals surface area contributed by atoms with Gasteiger partial charge in [0.15, 0.2) is 0 Å². The van der Waals surface area contributed by atoms with E-state index in [1.165, 1.54) is 12.8 Å². The Morgan fingerprint density at radius 2 is 1.96 bits per heavy atom. The smallest absolute Gasteiger partial charge is 0.220 e. The van der Waals surface area contributed by atoms with Crippen molar-refractivity contribution in [2.75, 3.05) is 19.6 Å². The van der Waals surface area contributed by atoms with Gasteiger partial charge in [0.2, 0.25) is 5.91 Å². The second-order valence-electron chi connectivity index (χ2n) is 6.42. The van der Waals surface area contributed by atoms with Gasteiger partial charge < -0.3 is 10.6 Å². The van der Waals surface area contributed by atoms with E-state index >= 15 is 0 Å². The number of amides is 1. The van der Waals surface area contributed by atoms with Crippen molar-refractivity contribution in [3.63, 3.8) is 0 Å². The topological polar surface area (TPSA) is 59.0 Å². The van der Waals surface area contributed by atoms with E-state index in [0.29, 0.717) is 18.9 Å². The molecule has 1 aromatic carbocycles. The summed E-state index contributed by atoms with van der Waals surface area (Å²) in [6, 6.07) is 12.1. The zero-order valence-corrected chi connectivity index (χ0v) is 15.3. The van der Waals surface area contributed by atoms with Crippen molar-refractivity contribution < 1.29 is 4.79 Å². The van der Waals surface area contributed by atoms with Crippen LogP contribution < -0.4 is 10.6 Å². The Labute approximate surface area is 155 Å². The Hall–Kier alpha value is -1.85. The fourth-order valence-corrected chi connectivity index (χ4v) is 3.14. The standard InChI is InChI=1S/C19H26N4O.ClH/c24-19(7-6-16-8-12-20-13-9-16)21-14-10-17-11-15-23(22-17)18-4-2-1-3-5-18;/h1-5,11,15-16,20H,6-10,12-14H2,(H,21,24);1H. The number of para-hydroxylation sites is 1. The summed E-state index contributed by atoms with van der Waals surface area (Å²) in [5.41, 5.74) is 2.05. The molecule has 1 fully saturated rings. The lowest BCUT2D eigenvalue weighted by Gasteiger charge is -2.22. The zero-order valence-electron chi connectivity index (χ0n) is 14.5. The van der Waals surface area contributed by atoms with Crippen LogP contribution in [0, 0.1) is 5.92 Å². The summed E-state index contributed by atoms with van der Waals surface area (Å²) in [4.78, 5) is 12.0. The summed E-state index contributed by atoms with van der Waals surface area (Å²) in [5.74, 6) is 0.870. The number of benzene rings is 1. The van der Waals surface area contributed by atoms with Crippen LogP contribution in [-0.2, 0) is 11.2 Å². The number of aromatic nitrogens is 2. The summed E-state index contributed by atoms with van der Waals surface area (Å²) in [6.45, 7) is 2.84. The van der Waals surface area contributed by atoms with Gasteiger partial charge in [0.05, 0.1) is 11.4 Å². The SMILES string of the molecule is Cl.O=C(CCC1CCNCC1)NCCc1ccn(-c2ccccc2)n1. The normalized spacial score (nSPS) is 14.7. The molecule has 1 aliphatic heterocycles. The molecule has 2 N–H and O–H groups in total. The van der Waals surface area contributed by atoms with E-state index in [2.05, 4.69) is 15.7 Å². The Kier molecular flexibility index (Phi) is 7.95. The van der Waals surface area contributed by atoms with E-state index < -0.39 is 0 Å². The van der Waals surface area contributed by atoms with E-state index in [-0.39, 0.29) is 18.3 Å². The average molecular weight is 363 g/mol. The number of hydrogen-bond donors (Lipinski definition) is 2. The lowest BCUT2D eigenvalue weighted by molar-refractivity contribution is -0.121. The molecule has 0 bridgehead atoms. The minimum absolute atomic E-state index is 0. The summed E-state index contributed by atoms with van der Waals surface area (Å²) in [6.07, 6.45) is 6.77. The van der Waals surface area contributed by atoms with Gasteiger partial charge in [-0.15, -0.1) is 12.4 Å². The lowest BCUT2D eigenvalue weighted by Crippen LogP contribution is -2.30. The van der Waals surface area contributed by atoms with Crippen molar-refractivity contribution in [1.29, 1.82) is 0 Å². The van der Waals surface area contributed by atoms with Crippen LogP contribution >= 0.6 is 12.4 Å². The minimum Gasteiger partial charge on any atom is -0.356 e. The van der Waals surface area contributed by atoms with E-state index in [1.54, 1.807) is 0 Å². The van der Waals surface area contributed by atoms with E-state index in [0.717, 1.165) is 37.3 Å². The molecule has 2 heterocycles. The van der Waals surface area contributed by atoms with Gasteiger partial charge in [-0.05, 0) is 56.5 Å². The van der Waals surface area contributed by atoms with Crippen molar-refractivity contribution in [3.8, 4) is 5.69 Å². The third-order valence-corrected chi connectivity index (χ3v) is 4.61. The van der Waals surface area contributed by atoms with Crippen molar-refractivity contribution in [2.24, 2.45) is 5.92 Å². The first-order valence-electron chi connectivity index (χ1n) is 8.88. The molecule has 3 rings (SSSR count). The zero-order chi connectivity index (χ0) is 16.6. The largest absolute Gasteiger partial charge is 0.356 e. The fourth-order valence-electron chi connectivity index (χ4n) is 3.14. The van der Waals surface area contributed by atoms with Crippen molar-refractivity contribution in [2.45, 2.75) is 32.1 Å². The molecule has 136 valence electrons. The highest BCUT2D eigenvalue weighted by atomic mass is 35.5. The number of hydrogen-bond acceptors (Lipinski definition) is 3. The predicted octanol–water partition coefficient (Wildman–Crippen LogP) is 2.73. The van der Waals surface area contributed by atoms with Crippen molar-refractivity contribution in [3.05, 3.63) is 48.3 Å². The molecule has 6 heteroatoms. The van der Waals surface area contributed by atoms with Crippen LogP contribution in [0.5, 0.6) is 0 Å². The first-order valence-corrected chi connectivity index (χ1v) is 8.88. The molecule has 0 radical (unpaired) electrons. The quantitative estimate of drug-likeness (QED) is 0.796. The summed E-state index contributed by atoms with van der Waals surface area (Å²) >= 11 is 0. The third kappa shape index (κ3) is 6.18. The molecular weight excluding hydrogens is 336 g/mol. The molecule has 2 aromatic rings. The van der Waals surface area contributed by atoms with Crippen LogP contribution in [0.25, 0.3) is 5.69 Å². The number of piperidine rings is 1. The monoisotopic (exact) mass is 362 g/mol. The van der Waals surface area contributed by atoms with Gasteiger partial charge in [0.25, 0.3) is 0 Å². The van der Waals surface area contributed by atoms with Crippen LogP contribution in [-0.4, -0.2) is 35.3 Å². The summed E-state index contributed by atoms with van der Waals surface area (Å²) < 4.78 is 1.87. The highest BCUT2D eigenvalue weighted by Gasteiger charge is 2.14. The van der Waals surface area contributed by atoms with E-state index in [4.69, 9.17) is 0 Å². The first-order chi connectivity index (χ1) is 11.8. The number of carbonyl (C=O) groups excluding carboxylic acids is 1. The molecule has 1 saturated heterocycles. The van der Waals surface area contributed by atoms with Crippen LogP contribution in [0.4, 0.5) is 0 Å². The number of carbonyl (C=O) groups is 1. The van der Waals surface area contributed by atoms with Crippen molar-refractivity contribution in [1.82, 2.24) is 20.4 Å². The Balaban J connectivity index is 0.00000225. The third-order valence-electron chi connectivity index (χ3n) is 4.61. The van der Waals surface area contributed by atoms with E-state index in [1.807, 2.05) is 47.3 Å². The Morgan fingerprint density at radius 3 is 2.72 bits per heavy atom. The molecule has 0 saturated carbocycles. The van der Waals surface area contributed by atoms with Crippen LogP contribution in [0.2, 0.25) is 0 Å². The minimum atomic E-state index is 0. The van der Waals surface area contributed by atoms with Gasteiger partial charge in [0.1, 0.15) is 0 Å². The average Bonchev–Trinajstić information content (AvgIpc) is 3.11. The number of nitrogens with one attached hydrogen (secondary N) is 2. The van der Waals surface area contributed by atoms with Gasteiger partial charge in [-0.25, -0.2) is 4.68 Å². The van der Waals surface area contributed by atoms with Crippen LogP contribution in [0.3, 0.4) is 0 Å². The molecule has 0 unspecified atom stereocenters. The van der Waals surface area contributed by atoms with Gasteiger partial charge in [-0.3, -0.25) is 4.79 Å². The van der Waals surface area contributed by atoms with Crippen molar-refractivity contribution >= 4 is 18.3 Å². The molecule has 1 amide bonds. The second kappa shape index (κ2) is 10.2.